The Bertz CT molecular complexity index is 604. The molecule has 2 aromatic rings. The van der Waals surface area contributed by atoms with Crippen molar-refractivity contribution in [1.82, 2.24) is 9.78 Å². The Balaban J connectivity index is 2.36. The summed E-state index contributed by atoms with van der Waals surface area (Å²) in [4.78, 5) is 11.2. The lowest BCUT2D eigenvalue weighted by atomic mass is 10.3. The summed E-state index contributed by atoms with van der Waals surface area (Å²) < 4.78 is 1.71. The number of hydrogen-bond acceptors (Lipinski definition) is 2. The van der Waals surface area contributed by atoms with Crippen LogP contribution >= 0.6 is 11.6 Å². The van der Waals surface area contributed by atoms with Gasteiger partial charge in [-0.3, -0.25) is 4.79 Å². The quantitative estimate of drug-likeness (QED) is 0.864. The number of benzene rings is 1. The second-order valence-electron chi connectivity index (χ2n) is 3.73. The number of anilines is 1. The van der Waals surface area contributed by atoms with Crippen molar-refractivity contribution >= 4 is 23.2 Å². The first kappa shape index (κ1) is 12.4. The molecule has 0 atom stereocenters. The zero-order valence-electron chi connectivity index (χ0n) is 9.85. The molecule has 1 aromatic heterocycles. The van der Waals surface area contributed by atoms with Gasteiger partial charge in [0.2, 0.25) is 5.91 Å². The Morgan fingerprint density at radius 1 is 1.56 bits per heavy atom. The Kier molecular flexibility index (Phi) is 3.48. The second-order valence-corrected chi connectivity index (χ2v) is 4.17. The molecule has 0 aliphatic rings. The summed E-state index contributed by atoms with van der Waals surface area (Å²) in [6, 6.07) is 7.34. The molecular weight excluding hydrogens is 250 g/mol. The van der Waals surface area contributed by atoms with E-state index in [1.807, 2.05) is 19.1 Å². The summed E-state index contributed by atoms with van der Waals surface area (Å²) in [5.41, 5.74) is 2.33. The topological polar surface area (TPSA) is 46.9 Å². The molecule has 18 heavy (non-hydrogen) atoms. The second kappa shape index (κ2) is 5.06. The zero-order chi connectivity index (χ0) is 13.1. The van der Waals surface area contributed by atoms with E-state index in [9.17, 15) is 4.79 Å². The maximum absolute atomic E-state index is 11.2. The van der Waals surface area contributed by atoms with Crippen molar-refractivity contribution in [1.29, 1.82) is 0 Å². The lowest BCUT2D eigenvalue weighted by molar-refractivity contribution is -0.111. The van der Waals surface area contributed by atoms with Crippen molar-refractivity contribution in [3.05, 3.63) is 53.8 Å². The minimum Gasteiger partial charge on any atom is -0.320 e. The molecule has 1 N–H and O–H groups in total. The van der Waals surface area contributed by atoms with Gasteiger partial charge in [-0.15, -0.1) is 0 Å². The molecule has 0 radical (unpaired) electrons. The van der Waals surface area contributed by atoms with E-state index in [4.69, 9.17) is 11.6 Å². The number of halogens is 1. The number of hydrogen-bond donors (Lipinski definition) is 1. The lowest BCUT2D eigenvalue weighted by Crippen LogP contribution is -2.08. The first-order valence-electron chi connectivity index (χ1n) is 5.36. The highest BCUT2D eigenvalue weighted by Crippen LogP contribution is 2.20. The Hall–Kier alpha value is -2.07. The van der Waals surface area contributed by atoms with Crippen LogP contribution in [0.3, 0.4) is 0 Å². The molecule has 2 rings (SSSR count). The van der Waals surface area contributed by atoms with Crippen LogP contribution in [-0.4, -0.2) is 15.7 Å². The number of carbonyl (C=O) groups excluding carboxylic acids is 1. The molecule has 0 fully saturated rings. The zero-order valence-corrected chi connectivity index (χ0v) is 10.6. The molecule has 0 aliphatic heterocycles. The van der Waals surface area contributed by atoms with Crippen LogP contribution in [0.15, 0.2) is 43.1 Å². The van der Waals surface area contributed by atoms with Gasteiger partial charge in [0.1, 0.15) is 0 Å². The molecule has 0 aliphatic carbocycles. The normalized spacial score (nSPS) is 10.1. The largest absolute Gasteiger partial charge is 0.320 e. The summed E-state index contributed by atoms with van der Waals surface area (Å²) >= 11 is 5.94. The predicted octanol–water partition coefficient (Wildman–Crippen LogP) is 2.96. The van der Waals surface area contributed by atoms with E-state index in [0.717, 1.165) is 11.4 Å². The third-order valence-electron chi connectivity index (χ3n) is 2.51. The fourth-order valence-corrected chi connectivity index (χ4v) is 1.77. The van der Waals surface area contributed by atoms with Crippen molar-refractivity contribution in [2.24, 2.45) is 0 Å². The monoisotopic (exact) mass is 261 g/mol. The van der Waals surface area contributed by atoms with Gasteiger partial charge in [-0.2, -0.15) is 5.10 Å². The van der Waals surface area contributed by atoms with Crippen LogP contribution in [0.4, 0.5) is 5.69 Å². The standard InChI is InChI=1S/C13H12ClN3O/c1-3-13(18)16-12-8-15-17(9(12)2)11-6-4-5-10(14)7-11/h3-8H,1H2,2H3,(H,16,18). The summed E-state index contributed by atoms with van der Waals surface area (Å²) in [5, 5.41) is 7.55. The average molecular weight is 262 g/mol. The smallest absolute Gasteiger partial charge is 0.247 e. The van der Waals surface area contributed by atoms with Crippen LogP contribution in [0.1, 0.15) is 5.69 Å². The van der Waals surface area contributed by atoms with Gasteiger partial charge in [-0.25, -0.2) is 4.68 Å². The molecule has 4 nitrogen and oxygen atoms in total. The minimum atomic E-state index is -0.260. The summed E-state index contributed by atoms with van der Waals surface area (Å²) in [6.07, 6.45) is 2.81. The average Bonchev–Trinajstić information content (AvgIpc) is 2.71. The highest BCUT2D eigenvalue weighted by molar-refractivity contribution is 6.30. The highest BCUT2D eigenvalue weighted by Gasteiger charge is 2.09. The maximum Gasteiger partial charge on any atom is 0.247 e. The van der Waals surface area contributed by atoms with Crippen LogP contribution in [0.5, 0.6) is 0 Å². The van der Waals surface area contributed by atoms with Crippen LogP contribution in [0.2, 0.25) is 5.02 Å². The third kappa shape index (κ3) is 2.43. The lowest BCUT2D eigenvalue weighted by Gasteiger charge is -2.06. The van der Waals surface area contributed by atoms with Crippen molar-refractivity contribution in [3.63, 3.8) is 0 Å². The molecule has 1 aromatic carbocycles. The van der Waals surface area contributed by atoms with Gasteiger partial charge in [-0.1, -0.05) is 24.2 Å². The van der Waals surface area contributed by atoms with Gasteiger partial charge in [0.15, 0.2) is 0 Å². The van der Waals surface area contributed by atoms with E-state index in [2.05, 4.69) is 17.0 Å². The first-order valence-corrected chi connectivity index (χ1v) is 5.73. The van der Waals surface area contributed by atoms with E-state index < -0.39 is 0 Å². The van der Waals surface area contributed by atoms with E-state index in [1.165, 1.54) is 6.08 Å². The van der Waals surface area contributed by atoms with Crippen LogP contribution in [0, 0.1) is 6.92 Å². The number of amides is 1. The highest BCUT2D eigenvalue weighted by atomic mass is 35.5. The van der Waals surface area contributed by atoms with Gasteiger partial charge in [0, 0.05) is 5.02 Å². The van der Waals surface area contributed by atoms with Crippen LogP contribution < -0.4 is 5.32 Å². The van der Waals surface area contributed by atoms with Crippen molar-refractivity contribution in [2.75, 3.05) is 5.32 Å². The predicted molar refractivity (Wildman–Crippen MR) is 72.1 cm³/mol. The van der Waals surface area contributed by atoms with Crippen molar-refractivity contribution in [3.8, 4) is 5.69 Å². The fraction of sp³-hybridized carbons (Fsp3) is 0.0769. The van der Waals surface area contributed by atoms with E-state index >= 15 is 0 Å². The molecule has 0 unspecified atom stereocenters. The van der Waals surface area contributed by atoms with E-state index in [1.54, 1.807) is 23.0 Å². The summed E-state index contributed by atoms with van der Waals surface area (Å²) in [7, 11) is 0. The molecular formula is C13H12ClN3O. The number of nitrogens with zero attached hydrogens (tertiary/aromatic N) is 2. The fourth-order valence-electron chi connectivity index (χ4n) is 1.58. The van der Waals surface area contributed by atoms with Crippen LogP contribution in [0.25, 0.3) is 5.69 Å². The Morgan fingerprint density at radius 3 is 3.00 bits per heavy atom. The van der Waals surface area contributed by atoms with Gasteiger partial charge in [-0.05, 0) is 31.2 Å². The van der Waals surface area contributed by atoms with Gasteiger partial charge >= 0.3 is 0 Å². The first-order chi connectivity index (χ1) is 8.61. The van der Waals surface area contributed by atoms with Gasteiger partial charge < -0.3 is 5.32 Å². The molecule has 1 heterocycles. The summed E-state index contributed by atoms with van der Waals surface area (Å²) in [6.45, 7) is 5.27. The molecule has 0 bridgehead atoms. The molecule has 5 heteroatoms. The Labute approximate surface area is 110 Å². The minimum absolute atomic E-state index is 0.260. The van der Waals surface area contributed by atoms with Crippen molar-refractivity contribution < 1.29 is 4.79 Å². The Morgan fingerprint density at radius 2 is 2.33 bits per heavy atom. The third-order valence-corrected chi connectivity index (χ3v) is 2.74. The molecule has 1 amide bonds. The van der Waals surface area contributed by atoms with Gasteiger partial charge in [0.25, 0.3) is 0 Å². The molecule has 0 spiro atoms. The van der Waals surface area contributed by atoms with Crippen molar-refractivity contribution in [2.45, 2.75) is 6.92 Å². The summed E-state index contributed by atoms with van der Waals surface area (Å²) in [5.74, 6) is -0.260. The van der Waals surface area contributed by atoms with E-state index in [0.29, 0.717) is 10.7 Å². The maximum atomic E-state index is 11.2. The number of carbonyl (C=O) groups is 1. The molecule has 0 saturated carbocycles. The molecule has 92 valence electrons. The number of rotatable bonds is 3. The molecule has 0 saturated heterocycles. The van der Waals surface area contributed by atoms with Gasteiger partial charge in [0.05, 0.1) is 23.3 Å². The number of nitrogens with one attached hydrogen (secondary N) is 1. The SMILES string of the molecule is C=CC(=O)Nc1cnn(-c2cccc(Cl)c2)c1C. The van der Waals surface area contributed by atoms with Crippen LogP contribution in [-0.2, 0) is 4.79 Å². The van der Waals surface area contributed by atoms with E-state index in [-0.39, 0.29) is 5.91 Å². The number of aromatic nitrogens is 2.